The molecule has 0 amide bonds. The zero-order chi connectivity index (χ0) is 14.8. The predicted octanol–water partition coefficient (Wildman–Crippen LogP) is 2.97. The summed E-state index contributed by atoms with van der Waals surface area (Å²) in [7, 11) is 3.39. The molecule has 0 fully saturated rings. The van der Waals surface area contributed by atoms with Crippen LogP contribution >= 0.6 is 23.2 Å². The predicted molar refractivity (Wildman–Crippen MR) is 82.1 cm³/mol. The molecular weight excluding hydrogens is 301 g/mol. The Bertz CT molecular complexity index is 383. The maximum atomic E-state index is 6.05. The van der Waals surface area contributed by atoms with Crippen LogP contribution in [0.2, 0.25) is 10.0 Å². The van der Waals surface area contributed by atoms with Gasteiger partial charge in [-0.1, -0.05) is 23.2 Å². The van der Waals surface area contributed by atoms with Gasteiger partial charge in [0.15, 0.2) is 0 Å². The molecule has 114 valence electrons. The molecule has 20 heavy (non-hydrogen) atoms. The molecule has 0 aliphatic heterocycles. The lowest BCUT2D eigenvalue weighted by atomic mass is 10.3. The smallest absolute Gasteiger partial charge is 0.138 e. The van der Waals surface area contributed by atoms with Gasteiger partial charge in [0.2, 0.25) is 0 Å². The molecule has 0 aromatic heterocycles. The summed E-state index contributed by atoms with van der Waals surface area (Å²) < 4.78 is 15.8. The molecule has 0 saturated heterocycles. The van der Waals surface area contributed by atoms with E-state index in [0.29, 0.717) is 35.6 Å². The normalized spacial score (nSPS) is 11.1. The molecule has 0 aliphatic rings. The van der Waals surface area contributed by atoms with Crippen LogP contribution in [0.25, 0.3) is 0 Å². The van der Waals surface area contributed by atoms with Gasteiger partial charge in [-0.05, 0) is 18.2 Å². The summed E-state index contributed by atoms with van der Waals surface area (Å²) in [6.07, 6.45) is 0. The van der Waals surface area contributed by atoms with Crippen molar-refractivity contribution in [2.45, 2.75) is 0 Å². The van der Waals surface area contributed by atoms with E-state index in [1.165, 1.54) is 0 Å². The van der Waals surface area contributed by atoms with Crippen molar-refractivity contribution in [2.75, 3.05) is 53.7 Å². The Labute approximate surface area is 130 Å². The quantitative estimate of drug-likeness (QED) is 0.663. The van der Waals surface area contributed by atoms with Crippen LogP contribution in [0.15, 0.2) is 18.2 Å². The van der Waals surface area contributed by atoms with Crippen molar-refractivity contribution in [1.82, 2.24) is 4.90 Å². The van der Waals surface area contributed by atoms with Gasteiger partial charge in [0.05, 0.1) is 18.2 Å². The maximum absolute atomic E-state index is 6.05. The molecule has 6 heteroatoms. The Kier molecular flexibility index (Phi) is 8.98. The Balaban J connectivity index is 2.38. The minimum atomic E-state index is 0.526. The van der Waals surface area contributed by atoms with E-state index < -0.39 is 0 Å². The van der Waals surface area contributed by atoms with E-state index in [4.69, 9.17) is 37.4 Å². The summed E-state index contributed by atoms with van der Waals surface area (Å²) in [5.41, 5.74) is 0. The highest BCUT2D eigenvalue weighted by molar-refractivity contribution is 6.35. The Hall–Kier alpha value is -0.520. The van der Waals surface area contributed by atoms with Crippen LogP contribution in [-0.4, -0.2) is 58.6 Å². The third-order valence-corrected chi connectivity index (χ3v) is 3.31. The molecule has 0 aliphatic carbocycles. The second-order valence-electron chi connectivity index (χ2n) is 4.25. The number of ether oxygens (including phenoxy) is 3. The van der Waals surface area contributed by atoms with Crippen molar-refractivity contribution in [3.63, 3.8) is 0 Å². The zero-order valence-corrected chi connectivity index (χ0v) is 13.4. The molecule has 1 aromatic carbocycles. The van der Waals surface area contributed by atoms with E-state index in [1.54, 1.807) is 32.4 Å². The van der Waals surface area contributed by atoms with Crippen LogP contribution in [-0.2, 0) is 9.47 Å². The van der Waals surface area contributed by atoms with Crippen molar-refractivity contribution in [2.24, 2.45) is 0 Å². The first kappa shape index (κ1) is 17.5. The summed E-state index contributed by atoms with van der Waals surface area (Å²) in [5.74, 6) is 0.648. The first-order valence-electron chi connectivity index (χ1n) is 6.45. The first-order valence-corrected chi connectivity index (χ1v) is 7.21. The van der Waals surface area contributed by atoms with Crippen LogP contribution in [0.1, 0.15) is 0 Å². The van der Waals surface area contributed by atoms with Crippen LogP contribution in [0, 0.1) is 0 Å². The SMILES string of the molecule is COCCN(CCOC)CCOc1ccc(Cl)cc1Cl. The summed E-state index contributed by atoms with van der Waals surface area (Å²) in [5, 5.41) is 1.13. The standard InChI is InChI=1S/C14H21Cl2NO3/c1-18-8-5-17(6-9-19-2)7-10-20-14-4-3-12(15)11-13(14)16/h3-4,11H,5-10H2,1-2H3. The lowest BCUT2D eigenvalue weighted by Gasteiger charge is -2.21. The van der Waals surface area contributed by atoms with Gasteiger partial charge in [-0.2, -0.15) is 0 Å². The van der Waals surface area contributed by atoms with Crippen molar-refractivity contribution in [3.8, 4) is 5.75 Å². The number of rotatable bonds is 10. The van der Waals surface area contributed by atoms with Crippen molar-refractivity contribution in [1.29, 1.82) is 0 Å². The highest BCUT2D eigenvalue weighted by Gasteiger charge is 2.06. The lowest BCUT2D eigenvalue weighted by Crippen LogP contribution is -2.34. The van der Waals surface area contributed by atoms with E-state index in [-0.39, 0.29) is 0 Å². The number of benzene rings is 1. The fraction of sp³-hybridized carbons (Fsp3) is 0.571. The average molecular weight is 322 g/mol. The van der Waals surface area contributed by atoms with Crippen molar-refractivity contribution < 1.29 is 14.2 Å². The molecule has 0 heterocycles. The summed E-state index contributed by atoms with van der Waals surface area (Å²) >= 11 is 11.9. The molecule has 0 radical (unpaired) electrons. The molecule has 0 atom stereocenters. The minimum absolute atomic E-state index is 0.526. The molecule has 1 rings (SSSR count). The van der Waals surface area contributed by atoms with Gasteiger partial charge >= 0.3 is 0 Å². The fourth-order valence-electron chi connectivity index (χ4n) is 1.65. The van der Waals surface area contributed by atoms with Gasteiger partial charge in [-0.25, -0.2) is 0 Å². The second-order valence-corrected chi connectivity index (χ2v) is 5.09. The molecule has 0 spiro atoms. The lowest BCUT2D eigenvalue weighted by molar-refractivity contribution is 0.104. The Morgan fingerprint density at radius 1 is 0.950 bits per heavy atom. The van der Waals surface area contributed by atoms with Gasteiger partial charge in [-0.15, -0.1) is 0 Å². The average Bonchev–Trinajstić information content (AvgIpc) is 2.43. The molecule has 0 unspecified atom stereocenters. The zero-order valence-electron chi connectivity index (χ0n) is 11.9. The third kappa shape index (κ3) is 6.77. The van der Waals surface area contributed by atoms with E-state index in [0.717, 1.165) is 19.6 Å². The topological polar surface area (TPSA) is 30.9 Å². The first-order chi connectivity index (χ1) is 9.67. The summed E-state index contributed by atoms with van der Waals surface area (Å²) in [6, 6.07) is 5.21. The number of hydrogen-bond acceptors (Lipinski definition) is 4. The van der Waals surface area contributed by atoms with Crippen LogP contribution < -0.4 is 4.74 Å². The summed E-state index contributed by atoms with van der Waals surface area (Å²) in [4.78, 5) is 2.22. The van der Waals surface area contributed by atoms with E-state index in [2.05, 4.69) is 4.90 Å². The van der Waals surface area contributed by atoms with Crippen molar-refractivity contribution >= 4 is 23.2 Å². The molecule has 0 saturated carbocycles. The van der Waals surface area contributed by atoms with Crippen molar-refractivity contribution in [3.05, 3.63) is 28.2 Å². The molecular formula is C14H21Cl2NO3. The Morgan fingerprint density at radius 2 is 1.55 bits per heavy atom. The summed E-state index contributed by atoms with van der Waals surface area (Å²) in [6.45, 7) is 4.40. The highest BCUT2D eigenvalue weighted by atomic mass is 35.5. The van der Waals surface area contributed by atoms with Gasteiger partial charge < -0.3 is 14.2 Å². The van der Waals surface area contributed by atoms with Gasteiger partial charge in [0, 0.05) is 38.9 Å². The van der Waals surface area contributed by atoms with E-state index >= 15 is 0 Å². The molecule has 1 aromatic rings. The molecule has 0 bridgehead atoms. The largest absolute Gasteiger partial charge is 0.491 e. The third-order valence-electron chi connectivity index (χ3n) is 2.78. The monoisotopic (exact) mass is 321 g/mol. The maximum Gasteiger partial charge on any atom is 0.138 e. The molecule has 0 N–H and O–H groups in total. The second kappa shape index (κ2) is 10.2. The number of hydrogen-bond donors (Lipinski definition) is 0. The van der Waals surface area contributed by atoms with Gasteiger partial charge in [0.25, 0.3) is 0 Å². The van der Waals surface area contributed by atoms with Gasteiger partial charge in [0.1, 0.15) is 12.4 Å². The Morgan fingerprint density at radius 3 is 2.10 bits per heavy atom. The number of nitrogens with zero attached hydrogens (tertiary/aromatic N) is 1. The highest BCUT2D eigenvalue weighted by Crippen LogP contribution is 2.27. The number of methoxy groups -OCH3 is 2. The van der Waals surface area contributed by atoms with Crippen LogP contribution in [0.5, 0.6) is 5.75 Å². The minimum Gasteiger partial charge on any atom is -0.491 e. The van der Waals surface area contributed by atoms with E-state index in [9.17, 15) is 0 Å². The van der Waals surface area contributed by atoms with E-state index in [1.807, 2.05) is 0 Å². The number of halogens is 2. The van der Waals surface area contributed by atoms with Gasteiger partial charge in [-0.3, -0.25) is 4.90 Å². The fourth-order valence-corrected chi connectivity index (χ4v) is 2.12. The van der Waals surface area contributed by atoms with Crippen LogP contribution in [0.3, 0.4) is 0 Å². The molecule has 4 nitrogen and oxygen atoms in total. The van der Waals surface area contributed by atoms with Crippen LogP contribution in [0.4, 0.5) is 0 Å².